The van der Waals surface area contributed by atoms with Gasteiger partial charge in [-0.3, -0.25) is 10.1 Å². The van der Waals surface area contributed by atoms with Crippen LogP contribution in [0.4, 0.5) is 5.69 Å². The van der Waals surface area contributed by atoms with E-state index in [1.165, 1.54) is 12.1 Å². The minimum atomic E-state index is -0.617. The van der Waals surface area contributed by atoms with Gasteiger partial charge >= 0.3 is 5.97 Å². The first kappa shape index (κ1) is 14.5. The average molecular weight is 296 g/mol. The molecule has 1 atom stereocenters. The maximum atomic E-state index is 11.9. The topological polar surface area (TPSA) is 69.4 Å². The van der Waals surface area contributed by atoms with Gasteiger partial charge in [-0.1, -0.05) is 23.8 Å². The number of nitro benzene ring substituents is 1. The summed E-state index contributed by atoms with van der Waals surface area (Å²) < 4.78 is 5.20. The summed E-state index contributed by atoms with van der Waals surface area (Å²) in [4.78, 5) is 22.1. The van der Waals surface area contributed by atoms with E-state index >= 15 is 0 Å². The second-order valence-electron chi connectivity index (χ2n) is 4.67. The minimum absolute atomic E-state index is 0.0345. The molecule has 106 valence electrons. The Balaban J connectivity index is 2.02. The number of ether oxygens (including phenoxy) is 1. The highest BCUT2D eigenvalue weighted by Gasteiger charge is 2.19. The molecule has 0 fully saturated rings. The van der Waals surface area contributed by atoms with Crippen LogP contribution in [-0.4, -0.2) is 17.5 Å². The lowest BCUT2D eigenvalue weighted by Crippen LogP contribution is -2.15. The van der Waals surface area contributed by atoms with E-state index in [1.807, 2.05) is 0 Å². The van der Waals surface area contributed by atoms with E-state index in [2.05, 4.69) is 12.2 Å². The van der Waals surface area contributed by atoms with Gasteiger partial charge in [0.05, 0.1) is 22.1 Å². The van der Waals surface area contributed by atoms with Crippen molar-refractivity contribution >= 4 is 23.3 Å². The van der Waals surface area contributed by atoms with Crippen LogP contribution in [0.3, 0.4) is 0 Å². The molecule has 1 aromatic rings. The number of allylic oxidation sites excluding steroid dienone is 2. The summed E-state index contributed by atoms with van der Waals surface area (Å²) in [5.74, 6) is -0.310. The molecule has 1 unspecified atom stereocenters. The monoisotopic (exact) mass is 295 g/mol. The number of hydrogen-bond donors (Lipinski definition) is 0. The molecule has 1 aromatic carbocycles. The van der Waals surface area contributed by atoms with Crippen molar-refractivity contribution in [2.45, 2.75) is 19.3 Å². The zero-order valence-corrected chi connectivity index (χ0v) is 11.5. The maximum Gasteiger partial charge on any atom is 0.339 e. The molecule has 2 rings (SSSR count). The molecule has 0 amide bonds. The van der Waals surface area contributed by atoms with Crippen molar-refractivity contribution in [2.24, 2.45) is 5.92 Å². The van der Waals surface area contributed by atoms with Crippen LogP contribution in [-0.2, 0) is 4.74 Å². The predicted octanol–water partition coefficient (Wildman–Crippen LogP) is 3.76. The first-order chi connectivity index (χ1) is 9.58. The lowest BCUT2D eigenvalue weighted by atomic mass is 9.95. The van der Waals surface area contributed by atoms with E-state index in [0.717, 1.165) is 25.3 Å². The number of benzene rings is 1. The smallest absolute Gasteiger partial charge is 0.339 e. The molecule has 0 saturated heterocycles. The van der Waals surface area contributed by atoms with Crippen molar-refractivity contribution in [1.82, 2.24) is 0 Å². The van der Waals surface area contributed by atoms with Gasteiger partial charge in [-0.25, -0.2) is 4.79 Å². The number of esters is 1. The van der Waals surface area contributed by atoms with Gasteiger partial charge in [-0.05, 0) is 31.2 Å². The molecule has 5 nitrogen and oxygen atoms in total. The third-order valence-electron chi connectivity index (χ3n) is 3.21. The Labute approximate surface area is 121 Å². The zero-order valence-electron chi connectivity index (χ0n) is 10.8. The molecular formula is C14H14ClNO4. The van der Waals surface area contributed by atoms with E-state index in [-0.39, 0.29) is 16.3 Å². The number of non-ortho nitro benzene ring substituents is 1. The highest BCUT2D eigenvalue weighted by Crippen LogP contribution is 2.24. The van der Waals surface area contributed by atoms with Crippen molar-refractivity contribution in [3.05, 3.63) is 51.1 Å². The van der Waals surface area contributed by atoms with Crippen LogP contribution in [0.2, 0.25) is 5.02 Å². The second kappa shape index (κ2) is 6.52. The summed E-state index contributed by atoms with van der Waals surface area (Å²) in [6, 6.07) is 3.73. The van der Waals surface area contributed by atoms with Gasteiger partial charge in [0.2, 0.25) is 0 Å². The molecule has 6 heteroatoms. The standard InChI is InChI=1S/C14H14ClNO4/c15-13-7-6-11(16(18)19)8-12(13)14(17)20-9-10-4-2-1-3-5-10/h1-2,6-8,10H,3-5,9H2. The van der Waals surface area contributed by atoms with Crippen LogP contribution < -0.4 is 0 Å². The van der Waals surface area contributed by atoms with Gasteiger partial charge in [-0.15, -0.1) is 0 Å². The molecule has 0 N–H and O–H groups in total. The van der Waals surface area contributed by atoms with Gasteiger partial charge in [0.25, 0.3) is 5.69 Å². The molecule has 20 heavy (non-hydrogen) atoms. The molecular weight excluding hydrogens is 282 g/mol. The van der Waals surface area contributed by atoms with E-state index in [4.69, 9.17) is 16.3 Å². The van der Waals surface area contributed by atoms with Crippen molar-refractivity contribution in [3.8, 4) is 0 Å². The molecule has 0 saturated carbocycles. The largest absolute Gasteiger partial charge is 0.462 e. The maximum absolute atomic E-state index is 11.9. The highest BCUT2D eigenvalue weighted by molar-refractivity contribution is 6.33. The number of rotatable bonds is 4. The van der Waals surface area contributed by atoms with Gasteiger partial charge in [0, 0.05) is 12.1 Å². The molecule has 0 radical (unpaired) electrons. The predicted molar refractivity (Wildman–Crippen MR) is 74.9 cm³/mol. The molecule has 1 aliphatic carbocycles. The van der Waals surface area contributed by atoms with Crippen molar-refractivity contribution in [1.29, 1.82) is 0 Å². The van der Waals surface area contributed by atoms with E-state index < -0.39 is 10.9 Å². The fraction of sp³-hybridized carbons (Fsp3) is 0.357. The number of carbonyl (C=O) groups excluding carboxylic acids is 1. The van der Waals surface area contributed by atoms with Crippen molar-refractivity contribution in [3.63, 3.8) is 0 Å². The van der Waals surface area contributed by atoms with Gasteiger partial charge < -0.3 is 4.74 Å². The zero-order chi connectivity index (χ0) is 14.5. The fourth-order valence-electron chi connectivity index (χ4n) is 2.06. The lowest BCUT2D eigenvalue weighted by Gasteiger charge is -2.17. The highest BCUT2D eigenvalue weighted by atomic mass is 35.5. The summed E-state index contributed by atoms with van der Waals surface area (Å²) in [7, 11) is 0. The number of nitro groups is 1. The Morgan fingerprint density at radius 3 is 2.90 bits per heavy atom. The Hall–Kier alpha value is -1.88. The van der Waals surface area contributed by atoms with E-state index in [1.54, 1.807) is 0 Å². The first-order valence-corrected chi connectivity index (χ1v) is 6.72. The summed E-state index contributed by atoms with van der Waals surface area (Å²) in [6.07, 6.45) is 7.03. The van der Waals surface area contributed by atoms with E-state index in [9.17, 15) is 14.9 Å². The SMILES string of the molecule is O=C(OCC1CC=CCC1)c1cc([N+](=O)[O-])ccc1Cl. The molecule has 0 aromatic heterocycles. The normalized spacial score (nSPS) is 17.8. The fourth-order valence-corrected chi connectivity index (χ4v) is 2.26. The number of carbonyl (C=O) groups is 1. The third kappa shape index (κ3) is 3.57. The molecule has 1 aliphatic rings. The third-order valence-corrected chi connectivity index (χ3v) is 3.54. The molecule has 0 spiro atoms. The lowest BCUT2D eigenvalue weighted by molar-refractivity contribution is -0.384. The van der Waals surface area contributed by atoms with Crippen LogP contribution in [0.1, 0.15) is 29.6 Å². The Morgan fingerprint density at radius 1 is 1.45 bits per heavy atom. The van der Waals surface area contributed by atoms with Crippen LogP contribution in [0.25, 0.3) is 0 Å². The summed E-state index contributed by atoms with van der Waals surface area (Å²) in [5, 5.41) is 10.9. The first-order valence-electron chi connectivity index (χ1n) is 6.34. The Morgan fingerprint density at radius 2 is 2.25 bits per heavy atom. The van der Waals surface area contributed by atoms with Gasteiger partial charge in [0.1, 0.15) is 0 Å². The van der Waals surface area contributed by atoms with Crippen LogP contribution >= 0.6 is 11.6 Å². The van der Waals surface area contributed by atoms with Crippen LogP contribution in [0.15, 0.2) is 30.4 Å². The molecule has 0 heterocycles. The number of halogens is 1. The van der Waals surface area contributed by atoms with Gasteiger partial charge in [0.15, 0.2) is 0 Å². The molecule has 0 aliphatic heterocycles. The Bertz CT molecular complexity index is 556. The van der Waals surface area contributed by atoms with E-state index in [0.29, 0.717) is 12.5 Å². The molecule has 0 bridgehead atoms. The average Bonchev–Trinajstić information content (AvgIpc) is 2.46. The van der Waals surface area contributed by atoms with Gasteiger partial charge in [-0.2, -0.15) is 0 Å². The summed E-state index contributed by atoms with van der Waals surface area (Å²) in [6.45, 7) is 0.308. The van der Waals surface area contributed by atoms with Crippen molar-refractivity contribution in [2.75, 3.05) is 6.61 Å². The summed E-state index contributed by atoms with van der Waals surface area (Å²) >= 11 is 5.88. The van der Waals surface area contributed by atoms with Crippen LogP contribution in [0, 0.1) is 16.0 Å². The minimum Gasteiger partial charge on any atom is -0.462 e. The quantitative estimate of drug-likeness (QED) is 0.367. The number of nitrogens with zero attached hydrogens (tertiary/aromatic N) is 1. The summed E-state index contributed by atoms with van der Waals surface area (Å²) in [5.41, 5.74) is -0.144. The van der Waals surface area contributed by atoms with Crippen LogP contribution in [0.5, 0.6) is 0 Å². The Kier molecular flexibility index (Phi) is 4.74. The number of hydrogen-bond acceptors (Lipinski definition) is 4. The second-order valence-corrected chi connectivity index (χ2v) is 5.08. The van der Waals surface area contributed by atoms with Crippen molar-refractivity contribution < 1.29 is 14.5 Å².